The van der Waals surface area contributed by atoms with Gasteiger partial charge in [0.15, 0.2) is 17.3 Å². The second kappa shape index (κ2) is 8.20. The molecule has 4 rings (SSSR count). The average molecular weight is 448 g/mol. The Hall–Kier alpha value is -3.51. The first-order valence-corrected chi connectivity index (χ1v) is 9.53. The number of ether oxygens (including phenoxy) is 2. The zero-order chi connectivity index (χ0) is 23.2. The number of aliphatic hydroxyl groups is 3. The van der Waals surface area contributed by atoms with E-state index in [1.807, 2.05) is 0 Å². The lowest BCUT2D eigenvalue weighted by Crippen LogP contribution is -2.51. The molecule has 0 bridgehead atoms. The summed E-state index contributed by atoms with van der Waals surface area (Å²) in [4.78, 5) is 13.2. The van der Waals surface area contributed by atoms with Crippen LogP contribution >= 0.6 is 0 Å². The summed E-state index contributed by atoms with van der Waals surface area (Å²) in [6.07, 6.45) is -5.40. The lowest BCUT2D eigenvalue weighted by Gasteiger charge is -2.36. The van der Waals surface area contributed by atoms with Crippen molar-refractivity contribution in [3.05, 3.63) is 40.6 Å². The zero-order valence-corrected chi connectivity index (χ0v) is 16.4. The third kappa shape index (κ3) is 3.78. The average Bonchev–Trinajstić information content (AvgIpc) is 2.73. The van der Waals surface area contributed by atoms with Crippen LogP contribution in [0.5, 0.6) is 28.7 Å². The van der Waals surface area contributed by atoms with Crippen LogP contribution in [0.15, 0.2) is 39.5 Å². The van der Waals surface area contributed by atoms with Crippen molar-refractivity contribution in [2.75, 3.05) is 6.61 Å². The number of hydrogen-bond donors (Lipinski definition) is 7. The molecule has 0 amide bonds. The number of rotatable bonds is 4. The van der Waals surface area contributed by atoms with Gasteiger partial charge in [0.1, 0.15) is 34.7 Å². The minimum absolute atomic E-state index is 0.104. The molecule has 7 N–H and O–H groups in total. The van der Waals surface area contributed by atoms with Gasteiger partial charge in [-0.2, -0.15) is 0 Å². The summed E-state index contributed by atoms with van der Waals surface area (Å²) in [5.74, 6) is -2.57. The molecule has 3 aromatic rings. The Bertz CT molecular complexity index is 1220. The fourth-order valence-electron chi connectivity index (χ4n) is 3.50. The Morgan fingerprint density at radius 1 is 1.00 bits per heavy atom. The highest BCUT2D eigenvalue weighted by Crippen LogP contribution is 2.39. The van der Waals surface area contributed by atoms with E-state index in [1.54, 1.807) is 0 Å². The van der Waals surface area contributed by atoms with Crippen LogP contribution in [0, 0.1) is 0 Å². The van der Waals surface area contributed by atoms with E-state index < -0.39 is 59.6 Å². The molecule has 11 heteroatoms. The van der Waals surface area contributed by atoms with Crippen molar-refractivity contribution < 1.29 is 49.6 Å². The summed E-state index contributed by atoms with van der Waals surface area (Å²) in [5, 5.41) is 68.4. The van der Waals surface area contributed by atoms with E-state index >= 15 is 0 Å². The van der Waals surface area contributed by atoms with Gasteiger partial charge in [0.2, 0.25) is 17.5 Å². The van der Waals surface area contributed by atoms with Crippen LogP contribution in [0.25, 0.3) is 22.3 Å². The monoisotopic (exact) mass is 448 g/mol. The second-order valence-electron chi connectivity index (χ2n) is 7.33. The van der Waals surface area contributed by atoms with Crippen molar-refractivity contribution in [3.63, 3.8) is 0 Å². The normalized spacial score (nSPS) is 23.3. The van der Waals surface area contributed by atoms with Gasteiger partial charge in [0.05, 0.1) is 12.7 Å². The maximum atomic E-state index is 13.2. The molecule has 1 aliphatic heterocycles. The fourth-order valence-corrected chi connectivity index (χ4v) is 3.50. The standard InChI is InChI=1S/C21H20O11/c22-7-15-18(28)13(27)6-16(30-15)32-21-19(29)17-12(26)4-9(23)5-14(17)31-20(21)8-1-2-10(24)11(25)3-8/h1-5,13,15-16,18,22-28H,6-7H2/t13-,15-,16+,18-/m1/s1. The summed E-state index contributed by atoms with van der Waals surface area (Å²) >= 11 is 0. The smallest absolute Gasteiger partial charge is 0.239 e. The molecule has 1 saturated heterocycles. The molecule has 4 atom stereocenters. The molecule has 2 heterocycles. The Morgan fingerprint density at radius 2 is 1.75 bits per heavy atom. The molecule has 0 radical (unpaired) electrons. The predicted octanol–water partition coefficient (Wildman–Crippen LogP) is 0.490. The van der Waals surface area contributed by atoms with Gasteiger partial charge >= 0.3 is 0 Å². The van der Waals surface area contributed by atoms with E-state index in [-0.39, 0.29) is 34.5 Å². The summed E-state index contributed by atoms with van der Waals surface area (Å²) in [7, 11) is 0. The van der Waals surface area contributed by atoms with Gasteiger partial charge < -0.3 is 49.6 Å². The molecule has 0 spiro atoms. The molecule has 2 aromatic carbocycles. The van der Waals surface area contributed by atoms with Gasteiger partial charge in [-0.25, -0.2) is 0 Å². The van der Waals surface area contributed by atoms with E-state index in [2.05, 4.69) is 0 Å². The van der Waals surface area contributed by atoms with Gasteiger partial charge in [0.25, 0.3) is 0 Å². The summed E-state index contributed by atoms with van der Waals surface area (Å²) < 4.78 is 16.8. The number of aliphatic hydroxyl groups excluding tert-OH is 3. The number of phenolic OH excluding ortho intramolecular Hbond substituents is 4. The third-order valence-electron chi connectivity index (χ3n) is 5.12. The van der Waals surface area contributed by atoms with Crippen molar-refractivity contribution >= 4 is 11.0 Å². The van der Waals surface area contributed by atoms with Crippen LogP contribution in [0.3, 0.4) is 0 Å². The second-order valence-corrected chi connectivity index (χ2v) is 7.33. The van der Waals surface area contributed by atoms with Gasteiger partial charge in [-0.15, -0.1) is 0 Å². The first-order valence-electron chi connectivity index (χ1n) is 9.53. The molecule has 0 saturated carbocycles. The van der Waals surface area contributed by atoms with Crippen molar-refractivity contribution in [2.45, 2.75) is 31.0 Å². The summed E-state index contributed by atoms with van der Waals surface area (Å²) in [5.41, 5.74) is -0.932. The predicted molar refractivity (Wildman–Crippen MR) is 108 cm³/mol. The molecule has 0 aliphatic carbocycles. The minimum Gasteiger partial charge on any atom is -0.508 e. The molecule has 0 unspecified atom stereocenters. The number of aromatic hydroxyl groups is 4. The number of hydrogen-bond acceptors (Lipinski definition) is 11. The highest BCUT2D eigenvalue weighted by Gasteiger charge is 2.38. The van der Waals surface area contributed by atoms with Crippen molar-refractivity contribution in [1.29, 1.82) is 0 Å². The maximum absolute atomic E-state index is 13.2. The van der Waals surface area contributed by atoms with E-state index in [9.17, 15) is 40.5 Å². The molecule has 1 fully saturated rings. The van der Waals surface area contributed by atoms with Gasteiger partial charge in [-0.05, 0) is 18.2 Å². The largest absolute Gasteiger partial charge is 0.508 e. The zero-order valence-electron chi connectivity index (χ0n) is 16.4. The molecule has 11 nitrogen and oxygen atoms in total. The number of phenols is 4. The molecule has 1 aliphatic rings. The highest BCUT2D eigenvalue weighted by atomic mass is 16.7. The highest BCUT2D eigenvalue weighted by molar-refractivity contribution is 5.88. The SMILES string of the molecule is O=c1c(O[C@H]2C[C@@H](O)[C@@H](O)[C@@H](CO)O2)c(-c2ccc(O)c(O)c2)oc2cc(O)cc(O)c12. The van der Waals surface area contributed by atoms with Crippen molar-refractivity contribution in [2.24, 2.45) is 0 Å². The van der Waals surface area contributed by atoms with E-state index in [0.29, 0.717) is 0 Å². The van der Waals surface area contributed by atoms with E-state index in [0.717, 1.165) is 24.3 Å². The van der Waals surface area contributed by atoms with Crippen LogP contribution < -0.4 is 10.2 Å². The van der Waals surface area contributed by atoms with Crippen molar-refractivity contribution in [1.82, 2.24) is 0 Å². The minimum atomic E-state index is -1.37. The van der Waals surface area contributed by atoms with Gasteiger partial charge in [-0.1, -0.05) is 0 Å². The Kier molecular flexibility index (Phi) is 5.57. The molecular formula is C21H20O11. The van der Waals surface area contributed by atoms with Gasteiger partial charge in [0, 0.05) is 24.1 Å². The first kappa shape index (κ1) is 21.7. The van der Waals surface area contributed by atoms with Gasteiger partial charge in [-0.3, -0.25) is 4.79 Å². The Morgan fingerprint density at radius 3 is 2.44 bits per heavy atom. The van der Waals surface area contributed by atoms with E-state index in [4.69, 9.17) is 13.9 Å². The molecule has 1 aromatic heterocycles. The first-order chi connectivity index (χ1) is 15.2. The quantitative estimate of drug-likeness (QED) is 0.275. The van der Waals surface area contributed by atoms with Crippen LogP contribution in [0.2, 0.25) is 0 Å². The Labute approximate surface area is 179 Å². The molecule has 170 valence electrons. The topological polar surface area (TPSA) is 190 Å². The lowest BCUT2D eigenvalue weighted by molar-refractivity contribution is -0.230. The fraction of sp³-hybridized carbons (Fsp3) is 0.286. The number of benzene rings is 2. The van der Waals surface area contributed by atoms with Crippen molar-refractivity contribution in [3.8, 4) is 40.1 Å². The van der Waals surface area contributed by atoms with Crippen LogP contribution in [0.4, 0.5) is 0 Å². The molecule has 32 heavy (non-hydrogen) atoms. The molecular weight excluding hydrogens is 428 g/mol. The number of fused-ring (bicyclic) bond motifs is 1. The third-order valence-corrected chi connectivity index (χ3v) is 5.12. The maximum Gasteiger partial charge on any atom is 0.239 e. The van der Waals surface area contributed by atoms with Crippen LogP contribution in [0.1, 0.15) is 6.42 Å². The lowest BCUT2D eigenvalue weighted by atomic mass is 10.0. The summed E-state index contributed by atoms with van der Waals surface area (Å²) in [6.45, 7) is -0.622. The Balaban J connectivity index is 1.88. The van der Waals surface area contributed by atoms with E-state index in [1.165, 1.54) is 6.07 Å². The van der Waals surface area contributed by atoms with Crippen LogP contribution in [-0.2, 0) is 4.74 Å². The summed E-state index contributed by atoms with van der Waals surface area (Å²) in [6, 6.07) is 5.62. The van der Waals surface area contributed by atoms with Crippen LogP contribution in [-0.4, -0.2) is 67.0 Å².